The van der Waals surface area contributed by atoms with E-state index in [-0.39, 0.29) is 18.4 Å². The standard InChI is InChI=1S/C17H17NO5/c1-16-7-8-17(9-19,23-16)13-12(16)14(20)18(15(13)21)10-3-5-11(22-2)6-4-10/h3-8,12-13,19H,9H2,1-2H3/t12-,13+,16-,17+/m0/s1. The first-order valence-electron chi connectivity index (χ1n) is 7.49. The van der Waals surface area contributed by atoms with Crippen molar-refractivity contribution in [1.82, 2.24) is 0 Å². The van der Waals surface area contributed by atoms with E-state index in [0.29, 0.717) is 11.4 Å². The third kappa shape index (κ3) is 1.65. The predicted molar refractivity (Wildman–Crippen MR) is 80.9 cm³/mol. The van der Waals surface area contributed by atoms with Gasteiger partial charge in [0, 0.05) is 0 Å². The zero-order valence-corrected chi connectivity index (χ0v) is 12.9. The third-order valence-electron chi connectivity index (χ3n) is 5.13. The molecule has 0 radical (unpaired) electrons. The van der Waals surface area contributed by atoms with Crippen LogP contribution in [0.1, 0.15) is 6.92 Å². The summed E-state index contributed by atoms with van der Waals surface area (Å²) < 4.78 is 11.0. The van der Waals surface area contributed by atoms with E-state index in [1.54, 1.807) is 50.5 Å². The fraction of sp³-hybridized carbons (Fsp3) is 0.412. The van der Waals surface area contributed by atoms with Crippen LogP contribution in [0.25, 0.3) is 0 Å². The van der Waals surface area contributed by atoms with Crippen LogP contribution in [0.5, 0.6) is 5.75 Å². The van der Waals surface area contributed by atoms with Crippen molar-refractivity contribution >= 4 is 17.5 Å². The highest BCUT2D eigenvalue weighted by Crippen LogP contribution is 2.57. The second kappa shape index (κ2) is 4.43. The van der Waals surface area contributed by atoms with Crippen LogP contribution in [-0.2, 0) is 14.3 Å². The number of hydrogen-bond acceptors (Lipinski definition) is 5. The molecular formula is C17H17NO5. The lowest BCUT2D eigenvalue weighted by Gasteiger charge is -2.26. The molecule has 2 saturated heterocycles. The molecule has 2 bridgehead atoms. The molecule has 2 amide bonds. The van der Waals surface area contributed by atoms with E-state index >= 15 is 0 Å². The maximum absolute atomic E-state index is 12.9. The Morgan fingerprint density at radius 1 is 1.17 bits per heavy atom. The van der Waals surface area contributed by atoms with E-state index in [4.69, 9.17) is 9.47 Å². The van der Waals surface area contributed by atoms with Gasteiger partial charge in [0.2, 0.25) is 11.8 Å². The zero-order chi connectivity index (χ0) is 16.4. The van der Waals surface area contributed by atoms with Gasteiger partial charge in [-0.25, -0.2) is 4.90 Å². The number of amides is 2. The maximum Gasteiger partial charge on any atom is 0.241 e. The molecule has 1 aromatic carbocycles. The van der Waals surface area contributed by atoms with Crippen LogP contribution in [0, 0.1) is 11.8 Å². The monoisotopic (exact) mass is 315 g/mol. The van der Waals surface area contributed by atoms with Crippen molar-refractivity contribution in [1.29, 1.82) is 0 Å². The summed E-state index contributed by atoms with van der Waals surface area (Å²) in [5.74, 6) is -1.25. The first-order valence-corrected chi connectivity index (χ1v) is 7.49. The van der Waals surface area contributed by atoms with Crippen molar-refractivity contribution in [2.75, 3.05) is 18.6 Å². The molecule has 0 aromatic heterocycles. The molecule has 2 fully saturated rings. The number of aliphatic hydroxyl groups excluding tert-OH is 1. The average Bonchev–Trinajstić information content (AvgIpc) is 3.14. The van der Waals surface area contributed by atoms with Crippen LogP contribution in [0.3, 0.4) is 0 Å². The molecule has 6 nitrogen and oxygen atoms in total. The van der Waals surface area contributed by atoms with Crippen LogP contribution < -0.4 is 9.64 Å². The first kappa shape index (κ1) is 14.4. The Hall–Kier alpha value is -2.18. The summed E-state index contributed by atoms with van der Waals surface area (Å²) in [7, 11) is 1.55. The summed E-state index contributed by atoms with van der Waals surface area (Å²) in [6, 6.07) is 6.77. The van der Waals surface area contributed by atoms with Gasteiger partial charge in [0.05, 0.1) is 36.8 Å². The van der Waals surface area contributed by atoms with Gasteiger partial charge in [-0.05, 0) is 31.2 Å². The molecular weight excluding hydrogens is 298 g/mol. The van der Waals surface area contributed by atoms with Gasteiger partial charge in [0.25, 0.3) is 0 Å². The van der Waals surface area contributed by atoms with Crippen molar-refractivity contribution < 1.29 is 24.2 Å². The Bertz CT molecular complexity index is 727. The SMILES string of the molecule is COc1ccc(N2C(=O)[C@@H]3[C@H](C2=O)[C@]2(CO)C=C[C@]3(C)O2)cc1. The number of carbonyl (C=O) groups is 2. The van der Waals surface area contributed by atoms with Crippen LogP contribution in [-0.4, -0.2) is 41.8 Å². The van der Waals surface area contributed by atoms with Gasteiger partial charge in [0.15, 0.2) is 0 Å². The Labute approximate surface area is 133 Å². The quantitative estimate of drug-likeness (QED) is 0.662. The smallest absolute Gasteiger partial charge is 0.241 e. The third-order valence-corrected chi connectivity index (χ3v) is 5.13. The lowest BCUT2D eigenvalue weighted by molar-refractivity contribution is -0.131. The molecule has 4 atom stereocenters. The van der Waals surface area contributed by atoms with E-state index in [9.17, 15) is 14.7 Å². The molecule has 4 rings (SSSR count). The number of hydrogen-bond donors (Lipinski definition) is 1. The zero-order valence-electron chi connectivity index (χ0n) is 12.9. The number of fused-ring (bicyclic) bond motifs is 5. The lowest BCUT2D eigenvalue weighted by Crippen LogP contribution is -2.43. The Balaban J connectivity index is 1.76. The fourth-order valence-corrected chi connectivity index (χ4v) is 4.03. The first-order chi connectivity index (χ1) is 11.0. The van der Waals surface area contributed by atoms with Gasteiger partial charge in [0.1, 0.15) is 11.4 Å². The number of rotatable bonds is 3. The molecule has 0 saturated carbocycles. The Morgan fingerprint density at radius 2 is 1.83 bits per heavy atom. The van der Waals surface area contributed by atoms with Gasteiger partial charge in [-0.15, -0.1) is 0 Å². The van der Waals surface area contributed by atoms with Crippen molar-refractivity contribution in [3.63, 3.8) is 0 Å². The van der Waals surface area contributed by atoms with E-state index in [1.807, 2.05) is 0 Å². The van der Waals surface area contributed by atoms with Crippen LogP contribution in [0.15, 0.2) is 36.4 Å². The minimum absolute atomic E-state index is 0.285. The van der Waals surface area contributed by atoms with Gasteiger partial charge in [-0.2, -0.15) is 0 Å². The molecule has 23 heavy (non-hydrogen) atoms. The number of carbonyl (C=O) groups excluding carboxylic acids is 2. The maximum atomic E-state index is 12.9. The molecule has 3 aliphatic heterocycles. The molecule has 0 aliphatic carbocycles. The normalized spacial score (nSPS) is 37.6. The summed E-state index contributed by atoms with van der Waals surface area (Å²) in [6.07, 6.45) is 3.50. The van der Waals surface area contributed by atoms with E-state index in [0.717, 1.165) is 0 Å². The molecule has 0 spiro atoms. The van der Waals surface area contributed by atoms with E-state index < -0.39 is 23.0 Å². The minimum atomic E-state index is -1.09. The largest absolute Gasteiger partial charge is 0.497 e. The molecule has 6 heteroatoms. The fourth-order valence-electron chi connectivity index (χ4n) is 4.03. The topological polar surface area (TPSA) is 76.1 Å². The Morgan fingerprint density at radius 3 is 2.43 bits per heavy atom. The van der Waals surface area contributed by atoms with E-state index in [2.05, 4.69) is 0 Å². The van der Waals surface area contributed by atoms with Crippen LogP contribution >= 0.6 is 0 Å². The van der Waals surface area contributed by atoms with Crippen molar-refractivity contribution in [3.8, 4) is 5.75 Å². The summed E-state index contributed by atoms with van der Waals surface area (Å²) in [5, 5.41) is 9.76. The second-order valence-corrected chi connectivity index (χ2v) is 6.40. The number of imide groups is 1. The average molecular weight is 315 g/mol. The lowest BCUT2D eigenvalue weighted by atomic mass is 9.73. The summed E-state index contributed by atoms with van der Waals surface area (Å²) in [5.41, 5.74) is -1.43. The highest BCUT2D eigenvalue weighted by atomic mass is 16.5. The molecule has 3 aliphatic rings. The van der Waals surface area contributed by atoms with Gasteiger partial charge < -0.3 is 14.6 Å². The molecule has 0 unspecified atom stereocenters. The molecule has 1 N–H and O–H groups in total. The number of aliphatic hydroxyl groups is 1. The number of ether oxygens (including phenoxy) is 2. The van der Waals surface area contributed by atoms with Crippen LogP contribution in [0.2, 0.25) is 0 Å². The number of benzene rings is 1. The van der Waals surface area contributed by atoms with Crippen molar-refractivity contribution in [3.05, 3.63) is 36.4 Å². The van der Waals surface area contributed by atoms with Crippen molar-refractivity contribution in [2.24, 2.45) is 11.8 Å². The summed E-state index contributed by atoms with van der Waals surface area (Å²) in [6.45, 7) is 1.46. The Kier molecular flexibility index (Phi) is 2.77. The minimum Gasteiger partial charge on any atom is -0.497 e. The predicted octanol–water partition coefficient (Wildman–Crippen LogP) is 0.891. The summed E-state index contributed by atoms with van der Waals surface area (Å²) >= 11 is 0. The number of anilines is 1. The van der Waals surface area contributed by atoms with Gasteiger partial charge in [-0.3, -0.25) is 9.59 Å². The van der Waals surface area contributed by atoms with Gasteiger partial charge in [-0.1, -0.05) is 12.2 Å². The van der Waals surface area contributed by atoms with Crippen LogP contribution in [0.4, 0.5) is 5.69 Å². The molecule has 120 valence electrons. The molecule has 3 heterocycles. The molecule has 1 aromatic rings. The van der Waals surface area contributed by atoms with Gasteiger partial charge >= 0.3 is 0 Å². The van der Waals surface area contributed by atoms with E-state index in [1.165, 1.54) is 4.90 Å². The van der Waals surface area contributed by atoms with Crippen molar-refractivity contribution in [2.45, 2.75) is 18.1 Å². The highest BCUT2D eigenvalue weighted by Gasteiger charge is 2.72. The highest BCUT2D eigenvalue weighted by molar-refractivity contribution is 6.23. The number of methoxy groups -OCH3 is 1. The second-order valence-electron chi connectivity index (χ2n) is 6.40. The summed E-state index contributed by atoms with van der Waals surface area (Å²) in [4.78, 5) is 27.0. The number of nitrogens with zero attached hydrogens (tertiary/aromatic N) is 1.